The number of hydrogen-bond donors (Lipinski definition) is 4. The van der Waals surface area contributed by atoms with Crippen molar-refractivity contribution in [3.8, 4) is 0 Å². The predicted molar refractivity (Wildman–Crippen MR) is 93.8 cm³/mol. The molecule has 0 radical (unpaired) electrons. The number of carboxylic acid groups (broad SMARTS) is 2. The Morgan fingerprint density at radius 1 is 1.31 bits per heavy atom. The number of rotatable bonds is 4. The molecule has 0 aromatic carbocycles. The smallest absolute Gasteiger partial charge is 0.394 e. The van der Waals surface area contributed by atoms with E-state index in [1.165, 1.54) is 6.20 Å². The van der Waals surface area contributed by atoms with Gasteiger partial charge in [-0.25, -0.2) is 9.59 Å². The van der Waals surface area contributed by atoms with Crippen LogP contribution in [0.5, 0.6) is 0 Å². The van der Waals surface area contributed by atoms with Crippen molar-refractivity contribution in [2.75, 3.05) is 11.9 Å². The summed E-state index contributed by atoms with van der Waals surface area (Å²) in [6, 6.07) is 0. The maximum absolute atomic E-state index is 12.3. The van der Waals surface area contributed by atoms with Crippen molar-refractivity contribution in [2.45, 2.75) is 19.1 Å². The first-order chi connectivity index (χ1) is 13.8. The summed E-state index contributed by atoms with van der Waals surface area (Å²) in [6.45, 7) is -0.0949. The molecule has 4 heterocycles. The standard InChI is InChI=1S/C16H12N4O8S/c21-11(16(26)27)18-12-9(15(24)25)6-1-5(28-4-8(6)29-12)3-20-13(22)7-2-17-19-10(7)14(20)23/h2,5H,1,3-4H2,(H,17,19)(H,18,21)(H,24,25)(H,26,27). The van der Waals surface area contributed by atoms with Gasteiger partial charge in [0.2, 0.25) is 0 Å². The largest absolute Gasteiger partial charge is 0.478 e. The first-order valence-electron chi connectivity index (χ1n) is 8.21. The van der Waals surface area contributed by atoms with Gasteiger partial charge in [-0.2, -0.15) is 5.10 Å². The van der Waals surface area contributed by atoms with Crippen LogP contribution in [0.1, 0.15) is 41.6 Å². The monoisotopic (exact) mass is 420 g/mol. The van der Waals surface area contributed by atoms with Crippen LogP contribution in [0.25, 0.3) is 0 Å². The highest BCUT2D eigenvalue weighted by Crippen LogP contribution is 2.38. The summed E-state index contributed by atoms with van der Waals surface area (Å²) in [7, 11) is 0. The van der Waals surface area contributed by atoms with Crippen LogP contribution in [-0.2, 0) is 27.4 Å². The number of amides is 3. The molecule has 0 aliphatic carbocycles. The number of hydrogen-bond acceptors (Lipinski definition) is 8. The number of imide groups is 1. The number of carbonyl (C=O) groups is 5. The van der Waals surface area contributed by atoms with Gasteiger partial charge in [-0.15, -0.1) is 11.3 Å². The van der Waals surface area contributed by atoms with Crippen molar-refractivity contribution in [3.63, 3.8) is 0 Å². The van der Waals surface area contributed by atoms with Crippen molar-refractivity contribution in [1.82, 2.24) is 15.1 Å². The Hall–Kier alpha value is -3.58. The Balaban J connectivity index is 1.56. The Kier molecular flexibility index (Phi) is 4.39. The van der Waals surface area contributed by atoms with Gasteiger partial charge >= 0.3 is 17.8 Å². The Bertz CT molecular complexity index is 1060. The molecule has 2 aromatic rings. The van der Waals surface area contributed by atoms with E-state index in [2.05, 4.69) is 15.5 Å². The highest BCUT2D eigenvalue weighted by Gasteiger charge is 2.40. The lowest BCUT2D eigenvalue weighted by atomic mass is 10.0. The number of anilines is 1. The number of aromatic carboxylic acids is 1. The van der Waals surface area contributed by atoms with Crippen molar-refractivity contribution in [1.29, 1.82) is 0 Å². The summed E-state index contributed by atoms with van der Waals surface area (Å²) < 4.78 is 5.66. The van der Waals surface area contributed by atoms with E-state index in [1.54, 1.807) is 0 Å². The third-order valence-corrected chi connectivity index (χ3v) is 5.69. The molecule has 4 N–H and O–H groups in total. The summed E-state index contributed by atoms with van der Waals surface area (Å²) >= 11 is 0.911. The van der Waals surface area contributed by atoms with Crippen LogP contribution in [0.4, 0.5) is 5.00 Å². The predicted octanol–water partition coefficient (Wildman–Crippen LogP) is -0.0700. The van der Waals surface area contributed by atoms with Crippen LogP contribution < -0.4 is 5.32 Å². The Morgan fingerprint density at radius 3 is 2.72 bits per heavy atom. The van der Waals surface area contributed by atoms with E-state index in [9.17, 15) is 29.1 Å². The highest BCUT2D eigenvalue weighted by molar-refractivity contribution is 7.17. The Morgan fingerprint density at radius 2 is 2.07 bits per heavy atom. The number of H-pyrrole nitrogens is 1. The normalized spacial score (nSPS) is 17.8. The van der Waals surface area contributed by atoms with E-state index >= 15 is 0 Å². The molecule has 2 aliphatic rings. The van der Waals surface area contributed by atoms with Gasteiger partial charge in [0.05, 0.1) is 36.6 Å². The number of carboxylic acids is 2. The molecule has 0 saturated carbocycles. The number of carbonyl (C=O) groups excluding carboxylic acids is 3. The van der Waals surface area contributed by atoms with Gasteiger partial charge in [0.1, 0.15) is 10.7 Å². The second-order valence-electron chi connectivity index (χ2n) is 6.29. The molecular weight excluding hydrogens is 408 g/mol. The second-order valence-corrected chi connectivity index (χ2v) is 7.39. The molecule has 29 heavy (non-hydrogen) atoms. The summed E-state index contributed by atoms with van der Waals surface area (Å²) in [6.07, 6.45) is 0.663. The van der Waals surface area contributed by atoms with Crippen LogP contribution in [0.2, 0.25) is 0 Å². The van der Waals surface area contributed by atoms with Gasteiger partial charge in [0.15, 0.2) is 0 Å². The van der Waals surface area contributed by atoms with Crippen LogP contribution >= 0.6 is 11.3 Å². The van der Waals surface area contributed by atoms with E-state index in [4.69, 9.17) is 9.84 Å². The fraction of sp³-hybridized carbons (Fsp3) is 0.250. The third kappa shape index (κ3) is 3.05. The molecule has 0 saturated heterocycles. The van der Waals surface area contributed by atoms with Crippen LogP contribution in [0, 0.1) is 0 Å². The molecule has 0 spiro atoms. The van der Waals surface area contributed by atoms with E-state index < -0.39 is 35.8 Å². The topological polar surface area (TPSA) is 179 Å². The maximum atomic E-state index is 12.3. The van der Waals surface area contributed by atoms with Crippen LogP contribution in [-0.4, -0.2) is 67.6 Å². The molecular formula is C16H12N4O8S. The van der Waals surface area contributed by atoms with Crippen molar-refractivity contribution in [3.05, 3.63) is 33.5 Å². The lowest BCUT2D eigenvalue weighted by Gasteiger charge is -2.26. The highest BCUT2D eigenvalue weighted by atomic mass is 32.1. The molecule has 1 atom stereocenters. The summed E-state index contributed by atoms with van der Waals surface area (Å²) in [5.41, 5.74) is 0.402. The molecule has 3 amide bonds. The minimum absolute atomic E-state index is 0.00302. The minimum Gasteiger partial charge on any atom is -0.478 e. The number of aliphatic carboxylic acids is 1. The van der Waals surface area contributed by atoms with Crippen molar-refractivity contribution in [2.24, 2.45) is 0 Å². The number of ether oxygens (including phenoxy) is 1. The number of nitrogens with zero attached hydrogens (tertiary/aromatic N) is 2. The first kappa shape index (κ1) is 18.8. The number of aromatic amines is 1. The molecule has 13 heteroatoms. The molecule has 1 unspecified atom stereocenters. The van der Waals surface area contributed by atoms with Gasteiger partial charge in [0.25, 0.3) is 11.8 Å². The molecule has 2 aliphatic heterocycles. The van der Waals surface area contributed by atoms with E-state index in [-0.39, 0.29) is 41.4 Å². The minimum atomic E-state index is -1.74. The average molecular weight is 420 g/mol. The fourth-order valence-electron chi connectivity index (χ4n) is 3.27. The number of nitrogens with one attached hydrogen (secondary N) is 2. The number of fused-ring (bicyclic) bond motifs is 2. The zero-order chi connectivity index (χ0) is 20.9. The SMILES string of the molecule is O=C(O)C(=O)Nc1sc2c(c1C(=O)O)CC(CN1C(=O)c3cn[nH]c3C1=O)OC2. The molecule has 0 bridgehead atoms. The van der Waals surface area contributed by atoms with Gasteiger partial charge in [-0.3, -0.25) is 24.4 Å². The molecule has 2 aromatic heterocycles. The van der Waals surface area contributed by atoms with Crippen LogP contribution in [0.15, 0.2) is 6.20 Å². The van der Waals surface area contributed by atoms with E-state index in [0.29, 0.717) is 10.4 Å². The third-order valence-electron chi connectivity index (χ3n) is 4.57. The number of aromatic nitrogens is 2. The van der Waals surface area contributed by atoms with Gasteiger partial charge in [-0.05, 0) is 5.56 Å². The van der Waals surface area contributed by atoms with Gasteiger partial charge in [0, 0.05) is 11.3 Å². The zero-order valence-corrected chi connectivity index (χ0v) is 15.2. The molecule has 12 nitrogen and oxygen atoms in total. The van der Waals surface area contributed by atoms with Gasteiger partial charge < -0.3 is 20.3 Å². The first-order valence-corrected chi connectivity index (χ1v) is 9.02. The average Bonchev–Trinajstić information content (AvgIpc) is 3.33. The maximum Gasteiger partial charge on any atom is 0.394 e. The fourth-order valence-corrected chi connectivity index (χ4v) is 4.40. The van der Waals surface area contributed by atoms with Gasteiger partial charge in [-0.1, -0.05) is 0 Å². The van der Waals surface area contributed by atoms with E-state index in [1.807, 2.05) is 0 Å². The Labute approximate surface area is 165 Å². The summed E-state index contributed by atoms with van der Waals surface area (Å²) in [5.74, 6) is -5.50. The lowest BCUT2D eigenvalue weighted by Crippen LogP contribution is -2.40. The van der Waals surface area contributed by atoms with Crippen molar-refractivity contribution >= 4 is 46.0 Å². The lowest BCUT2D eigenvalue weighted by molar-refractivity contribution is -0.147. The summed E-state index contributed by atoms with van der Waals surface area (Å²) in [5, 5.41) is 26.4. The molecule has 4 rings (SSSR count). The molecule has 0 fully saturated rings. The zero-order valence-electron chi connectivity index (χ0n) is 14.4. The second kappa shape index (κ2) is 6.79. The quantitative estimate of drug-likeness (QED) is 0.389. The summed E-state index contributed by atoms with van der Waals surface area (Å²) in [4.78, 5) is 60.1. The number of thiophene rings is 1. The van der Waals surface area contributed by atoms with Crippen molar-refractivity contribution < 1.29 is 38.9 Å². The van der Waals surface area contributed by atoms with Crippen LogP contribution in [0.3, 0.4) is 0 Å². The molecule has 150 valence electrons. The van der Waals surface area contributed by atoms with E-state index in [0.717, 1.165) is 16.2 Å².